The summed E-state index contributed by atoms with van der Waals surface area (Å²) in [5, 5.41) is 10.1. The van der Waals surface area contributed by atoms with Gasteiger partial charge in [0.15, 0.2) is 5.76 Å². The van der Waals surface area contributed by atoms with Gasteiger partial charge in [-0.3, -0.25) is 28.3 Å². The number of rotatable bonds is 9. The van der Waals surface area contributed by atoms with Crippen LogP contribution in [0.2, 0.25) is 0 Å². The minimum absolute atomic E-state index is 0.0730. The van der Waals surface area contributed by atoms with Crippen LogP contribution in [0, 0.1) is 0 Å². The number of methoxy groups -OCH3 is 1. The number of fused-ring (bicyclic) bond motifs is 3. The van der Waals surface area contributed by atoms with Crippen molar-refractivity contribution in [3.05, 3.63) is 158 Å². The molecular formula is C49H48F3N5O12S3. The van der Waals surface area contributed by atoms with Gasteiger partial charge >= 0.3 is 6.18 Å². The van der Waals surface area contributed by atoms with Crippen molar-refractivity contribution in [1.82, 2.24) is 25.5 Å². The Balaban J connectivity index is 0.000000169. The summed E-state index contributed by atoms with van der Waals surface area (Å²) in [6.07, 6.45) is 0.344. The number of oxazole rings is 1. The van der Waals surface area contributed by atoms with Crippen LogP contribution in [-0.2, 0) is 40.7 Å². The van der Waals surface area contributed by atoms with Gasteiger partial charge in [0, 0.05) is 31.4 Å². The number of benzene rings is 6. The van der Waals surface area contributed by atoms with Gasteiger partial charge in [0.25, 0.3) is 30.4 Å². The maximum Gasteiger partial charge on any atom is 0.405 e. The van der Waals surface area contributed by atoms with Gasteiger partial charge in [-0.05, 0) is 88.6 Å². The number of nitrogens with zero attached hydrogens (tertiary/aromatic N) is 3. The zero-order valence-electron chi connectivity index (χ0n) is 38.6. The Morgan fingerprint density at radius 3 is 1.56 bits per heavy atom. The van der Waals surface area contributed by atoms with Crippen LogP contribution < -0.4 is 15.4 Å². The Hall–Kier alpha value is -6.83. The zero-order valence-corrected chi connectivity index (χ0v) is 41.0. The molecule has 0 aliphatic carbocycles. The fourth-order valence-corrected chi connectivity index (χ4v) is 8.77. The van der Waals surface area contributed by atoms with Gasteiger partial charge < -0.3 is 19.8 Å². The van der Waals surface area contributed by atoms with Crippen LogP contribution in [0.1, 0.15) is 19.7 Å². The van der Waals surface area contributed by atoms with Crippen molar-refractivity contribution in [2.75, 3.05) is 33.3 Å². The van der Waals surface area contributed by atoms with Crippen molar-refractivity contribution in [3.63, 3.8) is 0 Å². The van der Waals surface area contributed by atoms with E-state index in [0.717, 1.165) is 32.3 Å². The van der Waals surface area contributed by atoms with Gasteiger partial charge in [-0.15, -0.1) is 0 Å². The lowest BCUT2D eigenvalue weighted by Crippen LogP contribution is -2.61. The highest BCUT2D eigenvalue weighted by Gasteiger charge is 2.39. The number of pyridine rings is 1. The summed E-state index contributed by atoms with van der Waals surface area (Å²) in [6.45, 7) is 3.67. The molecular weight excluding hydrogens is 1000 g/mol. The number of piperazine rings is 1. The standard InChI is InChI=1S/C19H24F3N5O3.3C10H8O3S/c1-18(2,17-25-9-15(30-17)12-6-13(29-3)8-23-7-12)27-5-4-24-14(10-27)16(28)26-11-19(20,21)22;3*11-14(12,13)10-6-5-8-3-1-2-4-9(8)7-10/h6-9,14,24H,4-5,10-11H2,1-3H3,(H,26,28);3*1-7H,(H,11,12,13)/t14-;;;/m0.../s1. The first-order valence-corrected chi connectivity index (χ1v) is 25.8. The van der Waals surface area contributed by atoms with Gasteiger partial charge in [0.1, 0.15) is 12.3 Å². The molecule has 0 saturated carbocycles. The van der Waals surface area contributed by atoms with E-state index in [2.05, 4.69) is 15.3 Å². The summed E-state index contributed by atoms with van der Waals surface area (Å²) >= 11 is 0. The summed E-state index contributed by atoms with van der Waals surface area (Å²) in [4.78, 5) is 22.4. The molecule has 23 heteroatoms. The highest BCUT2D eigenvalue weighted by atomic mass is 32.2. The van der Waals surface area contributed by atoms with E-state index in [9.17, 15) is 43.2 Å². The Bertz CT molecular complexity index is 3290. The minimum atomic E-state index is -4.45. The number of amides is 1. The van der Waals surface area contributed by atoms with Crippen molar-refractivity contribution >= 4 is 68.6 Å². The Labute approximate surface area is 412 Å². The van der Waals surface area contributed by atoms with Gasteiger partial charge in [-0.2, -0.15) is 38.4 Å². The van der Waals surface area contributed by atoms with E-state index in [1.54, 1.807) is 68.2 Å². The summed E-state index contributed by atoms with van der Waals surface area (Å²) in [7, 11) is -10.7. The van der Waals surface area contributed by atoms with Crippen molar-refractivity contribution < 1.29 is 66.0 Å². The normalized spacial score (nSPS) is 14.5. The molecule has 0 radical (unpaired) electrons. The molecule has 9 rings (SSSR count). The zero-order chi connectivity index (χ0) is 52.5. The van der Waals surface area contributed by atoms with Gasteiger partial charge in [-0.1, -0.05) is 91.0 Å². The van der Waals surface area contributed by atoms with Crippen molar-refractivity contribution in [3.8, 4) is 17.1 Å². The molecule has 6 aromatic carbocycles. The number of halogens is 3. The molecule has 1 fully saturated rings. The molecule has 1 atom stereocenters. The smallest absolute Gasteiger partial charge is 0.405 e. The number of ether oxygens (including phenoxy) is 1. The molecule has 8 aromatic rings. The molecule has 17 nitrogen and oxygen atoms in total. The molecule has 1 amide bonds. The van der Waals surface area contributed by atoms with Crippen molar-refractivity contribution in [1.29, 1.82) is 0 Å². The fraction of sp³-hybridized carbons (Fsp3) is 0.204. The lowest BCUT2D eigenvalue weighted by Gasteiger charge is -2.41. The molecule has 1 aliphatic rings. The molecule has 3 heterocycles. The van der Waals surface area contributed by atoms with Crippen LogP contribution in [-0.4, -0.2) is 105 Å². The van der Waals surface area contributed by atoms with Gasteiger partial charge in [-0.25, -0.2) is 4.98 Å². The summed E-state index contributed by atoms with van der Waals surface area (Å²) in [6, 6.07) is 36.6. The van der Waals surface area contributed by atoms with Crippen LogP contribution in [0.25, 0.3) is 43.6 Å². The first kappa shape index (κ1) is 54.5. The third-order valence-corrected chi connectivity index (χ3v) is 13.6. The molecule has 0 spiro atoms. The van der Waals surface area contributed by atoms with Crippen LogP contribution in [0.5, 0.6) is 5.75 Å². The van der Waals surface area contributed by atoms with E-state index < -0.39 is 60.6 Å². The van der Waals surface area contributed by atoms with Crippen molar-refractivity contribution in [2.24, 2.45) is 0 Å². The van der Waals surface area contributed by atoms with E-state index in [0.29, 0.717) is 36.1 Å². The van der Waals surface area contributed by atoms with E-state index in [1.807, 2.05) is 78.7 Å². The number of carbonyl (C=O) groups excluding carboxylic acids is 1. The predicted octanol–water partition coefficient (Wildman–Crippen LogP) is 8.19. The predicted molar refractivity (Wildman–Crippen MR) is 263 cm³/mol. The number of alkyl halides is 3. The Kier molecular flexibility index (Phi) is 17.2. The summed E-state index contributed by atoms with van der Waals surface area (Å²) in [5.74, 6) is 0.832. The van der Waals surface area contributed by atoms with Crippen molar-refractivity contribution in [2.45, 2.75) is 46.3 Å². The lowest BCUT2D eigenvalue weighted by atomic mass is 10.00. The summed E-state index contributed by atoms with van der Waals surface area (Å²) < 4.78 is 140. The Morgan fingerprint density at radius 1 is 0.694 bits per heavy atom. The molecule has 5 N–H and O–H groups in total. The van der Waals surface area contributed by atoms with Crippen LogP contribution in [0.15, 0.2) is 171 Å². The second kappa shape index (κ2) is 22.7. The molecule has 72 heavy (non-hydrogen) atoms. The number of hydrogen-bond donors (Lipinski definition) is 5. The molecule has 1 saturated heterocycles. The van der Waals surface area contributed by atoms with E-state index in [-0.39, 0.29) is 21.2 Å². The fourth-order valence-electron chi connectivity index (χ4n) is 7.22. The van der Waals surface area contributed by atoms with Gasteiger partial charge in [0.2, 0.25) is 11.8 Å². The maximum absolute atomic E-state index is 12.4. The first-order chi connectivity index (χ1) is 33.8. The number of carbonyl (C=O) groups is 1. The van der Waals surface area contributed by atoms with E-state index in [4.69, 9.17) is 22.8 Å². The second-order valence-corrected chi connectivity index (χ2v) is 20.7. The van der Waals surface area contributed by atoms with Gasteiger partial charge in [0.05, 0.1) is 45.8 Å². The topological polar surface area (TPSA) is 256 Å². The first-order valence-electron chi connectivity index (χ1n) is 21.5. The van der Waals surface area contributed by atoms with E-state index in [1.165, 1.54) is 36.4 Å². The average molecular weight is 1050 g/mol. The minimum Gasteiger partial charge on any atom is -0.495 e. The Morgan fingerprint density at radius 2 is 1.14 bits per heavy atom. The van der Waals surface area contributed by atoms with Crippen LogP contribution >= 0.6 is 0 Å². The molecule has 380 valence electrons. The van der Waals surface area contributed by atoms with Crippen LogP contribution in [0.3, 0.4) is 0 Å². The lowest BCUT2D eigenvalue weighted by molar-refractivity contribution is -0.140. The monoisotopic (exact) mass is 1050 g/mol. The quantitative estimate of drug-likeness (QED) is 0.0854. The molecule has 1 aliphatic heterocycles. The highest BCUT2D eigenvalue weighted by molar-refractivity contribution is 7.86. The summed E-state index contributed by atoms with van der Waals surface area (Å²) in [5.41, 5.74) is 0.0171. The molecule has 0 unspecified atom stereocenters. The number of nitrogens with one attached hydrogen (secondary N) is 2. The number of hydrogen-bond acceptors (Lipinski definition) is 13. The SMILES string of the molecule is COc1cncc(-c2cnc(C(C)(C)N3CCN[C@H](C(=O)NCC(F)(F)F)C3)o2)c1.O=S(=O)(O)c1ccc2ccccc2c1.O=S(=O)(O)c1ccc2ccccc2c1.O=S(=O)(O)c1ccc2ccccc2c1. The largest absolute Gasteiger partial charge is 0.495 e. The number of aromatic nitrogens is 2. The van der Waals surface area contributed by atoms with Crippen LogP contribution in [0.4, 0.5) is 13.2 Å². The average Bonchev–Trinajstić information content (AvgIpc) is 3.87. The second-order valence-electron chi connectivity index (χ2n) is 16.4. The third-order valence-electron chi connectivity index (χ3n) is 11.1. The highest BCUT2D eigenvalue weighted by Crippen LogP contribution is 2.32. The van der Waals surface area contributed by atoms with E-state index >= 15 is 0 Å². The molecule has 0 bridgehead atoms. The third kappa shape index (κ3) is 14.9. The maximum atomic E-state index is 12.4. The molecule has 2 aromatic heterocycles.